The first-order valence-corrected chi connectivity index (χ1v) is 7.11. The second-order valence-electron chi connectivity index (χ2n) is 5.25. The zero-order valence-electron chi connectivity index (χ0n) is 11.7. The molecule has 5 nitrogen and oxygen atoms in total. The van der Waals surface area contributed by atoms with Gasteiger partial charge in [0.15, 0.2) is 0 Å². The smallest absolute Gasteiger partial charge is 0.0969 e. The number of nitrogens with one attached hydrogen (secondary N) is 1. The van der Waals surface area contributed by atoms with Crippen molar-refractivity contribution in [3.63, 3.8) is 0 Å². The third-order valence-corrected chi connectivity index (χ3v) is 3.80. The van der Waals surface area contributed by atoms with Gasteiger partial charge in [0.25, 0.3) is 0 Å². The molecule has 0 aliphatic carbocycles. The molecule has 0 saturated carbocycles. The highest BCUT2D eigenvalue weighted by atomic mass is 16.5. The summed E-state index contributed by atoms with van der Waals surface area (Å²) in [4.78, 5) is 1.67. The Morgan fingerprint density at radius 3 is 3.00 bits per heavy atom. The van der Waals surface area contributed by atoms with Gasteiger partial charge in [-0.1, -0.05) is 18.2 Å². The van der Waals surface area contributed by atoms with Gasteiger partial charge in [0.1, 0.15) is 0 Å². The van der Waals surface area contributed by atoms with Gasteiger partial charge in [0.2, 0.25) is 0 Å². The number of nitrogens with zero attached hydrogens (tertiary/aromatic N) is 3. The Bertz CT molecular complexity index is 534. The fourth-order valence-electron chi connectivity index (χ4n) is 2.44. The number of benzene rings is 1. The van der Waals surface area contributed by atoms with E-state index in [0.29, 0.717) is 12.0 Å². The molecule has 0 bridgehead atoms. The average Bonchev–Trinajstić information content (AvgIpc) is 3.17. The van der Waals surface area contributed by atoms with Crippen LogP contribution < -0.4 is 5.32 Å². The van der Waals surface area contributed by atoms with Gasteiger partial charge in [-0.15, -0.1) is 0 Å². The molecule has 106 valence electrons. The fraction of sp³-hybridized carbons (Fsp3) is 0.467. The van der Waals surface area contributed by atoms with Crippen molar-refractivity contribution in [1.82, 2.24) is 20.3 Å². The second-order valence-corrected chi connectivity index (χ2v) is 5.25. The molecule has 0 amide bonds. The summed E-state index contributed by atoms with van der Waals surface area (Å²) in [5.74, 6) is 0.610. The Balaban J connectivity index is 1.57. The first kappa shape index (κ1) is 13.3. The Hall–Kier alpha value is -1.72. The van der Waals surface area contributed by atoms with Gasteiger partial charge in [-0.3, -0.25) is 0 Å². The first-order chi connectivity index (χ1) is 9.83. The van der Waals surface area contributed by atoms with E-state index in [1.807, 2.05) is 36.5 Å². The monoisotopic (exact) mass is 272 g/mol. The standard InChI is InChI=1S/C15H20N4O/c1-12(13-7-8-20-11-13)16-9-14-10-17-19(18-14)15-5-3-2-4-6-15/h2-6,10,12-13,16H,7-9,11H2,1H3. The first-order valence-electron chi connectivity index (χ1n) is 7.11. The lowest BCUT2D eigenvalue weighted by Gasteiger charge is -2.18. The molecule has 2 heterocycles. The highest BCUT2D eigenvalue weighted by molar-refractivity contribution is 5.28. The quantitative estimate of drug-likeness (QED) is 0.901. The number of aromatic nitrogens is 3. The van der Waals surface area contributed by atoms with E-state index in [-0.39, 0.29) is 0 Å². The maximum atomic E-state index is 5.42. The molecule has 0 spiro atoms. The molecule has 1 aromatic carbocycles. The van der Waals surface area contributed by atoms with Crippen molar-refractivity contribution in [3.8, 4) is 5.69 Å². The molecular formula is C15H20N4O. The molecule has 1 saturated heterocycles. The van der Waals surface area contributed by atoms with Crippen molar-refractivity contribution >= 4 is 0 Å². The minimum atomic E-state index is 0.444. The van der Waals surface area contributed by atoms with Gasteiger partial charge in [-0.2, -0.15) is 15.0 Å². The third kappa shape index (κ3) is 3.05. The van der Waals surface area contributed by atoms with Gasteiger partial charge in [0, 0.05) is 19.2 Å². The molecule has 3 rings (SSSR count). The Morgan fingerprint density at radius 1 is 1.40 bits per heavy atom. The molecule has 2 unspecified atom stereocenters. The summed E-state index contributed by atoms with van der Waals surface area (Å²) in [5, 5.41) is 12.3. The van der Waals surface area contributed by atoms with Crippen LogP contribution in [0.15, 0.2) is 36.5 Å². The molecule has 1 aliphatic heterocycles. The molecule has 1 N–H and O–H groups in total. The van der Waals surface area contributed by atoms with Crippen LogP contribution in [0.2, 0.25) is 0 Å². The molecule has 2 aromatic rings. The normalized spacial score (nSPS) is 20.1. The Kier molecular flexibility index (Phi) is 4.08. The molecule has 1 aliphatic rings. The number of hydrogen-bond acceptors (Lipinski definition) is 4. The maximum absolute atomic E-state index is 5.42. The van der Waals surface area contributed by atoms with Gasteiger partial charge in [0.05, 0.1) is 24.2 Å². The van der Waals surface area contributed by atoms with Gasteiger partial charge in [-0.05, 0) is 31.4 Å². The van der Waals surface area contributed by atoms with Crippen molar-refractivity contribution < 1.29 is 4.74 Å². The van der Waals surface area contributed by atoms with Crippen LogP contribution in [-0.4, -0.2) is 34.2 Å². The van der Waals surface area contributed by atoms with E-state index in [1.54, 1.807) is 4.80 Å². The minimum Gasteiger partial charge on any atom is -0.381 e. The molecule has 5 heteroatoms. The van der Waals surface area contributed by atoms with E-state index < -0.39 is 0 Å². The van der Waals surface area contributed by atoms with E-state index in [0.717, 1.165) is 37.6 Å². The number of rotatable bonds is 5. The summed E-state index contributed by atoms with van der Waals surface area (Å²) in [6, 6.07) is 10.4. The molecule has 1 aromatic heterocycles. The zero-order chi connectivity index (χ0) is 13.8. The second kappa shape index (κ2) is 6.15. The highest BCUT2D eigenvalue weighted by Crippen LogP contribution is 2.16. The minimum absolute atomic E-state index is 0.444. The number of ether oxygens (including phenoxy) is 1. The third-order valence-electron chi connectivity index (χ3n) is 3.80. The molecular weight excluding hydrogens is 252 g/mol. The lowest BCUT2D eigenvalue weighted by atomic mass is 10.0. The van der Waals surface area contributed by atoms with Crippen molar-refractivity contribution in [2.45, 2.75) is 25.9 Å². The highest BCUT2D eigenvalue weighted by Gasteiger charge is 2.21. The molecule has 2 atom stereocenters. The summed E-state index contributed by atoms with van der Waals surface area (Å²) >= 11 is 0. The summed E-state index contributed by atoms with van der Waals surface area (Å²) in [5.41, 5.74) is 1.94. The summed E-state index contributed by atoms with van der Waals surface area (Å²) in [6.45, 7) is 4.71. The van der Waals surface area contributed by atoms with Crippen LogP contribution in [0, 0.1) is 5.92 Å². The molecule has 1 fully saturated rings. The number of para-hydroxylation sites is 1. The van der Waals surface area contributed by atoms with Crippen molar-refractivity contribution in [3.05, 3.63) is 42.2 Å². The molecule has 0 radical (unpaired) electrons. The van der Waals surface area contributed by atoms with E-state index in [2.05, 4.69) is 22.4 Å². The van der Waals surface area contributed by atoms with Crippen molar-refractivity contribution in [1.29, 1.82) is 0 Å². The van der Waals surface area contributed by atoms with Crippen LogP contribution in [0.5, 0.6) is 0 Å². The molecule has 20 heavy (non-hydrogen) atoms. The van der Waals surface area contributed by atoms with Gasteiger partial charge in [-0.25, -0.2) is 0 Å². The van der Waals surface area contributed by atoms with Crippen molar-refractivity contribution in [2.75, 3.05) is 13.2 Å². The average molecular weight is 272 g/mol. The Labute approximate surface area is 118 Å². The SMILES string of the molecule is CC(NCc1cnn(-c2ccccc2)n1)C1CCOC1. The maximum Gasteiger partial charge on any atom is 0.0969 e. The van der Waals surface area contributed by atoms with Gasteiger partial charge < -0.3 is 10.1 Å². The lowest BCUT2D eigenvalue weighted by molar-refractivity contribution is 0.178. The fourth-order valence-corrected chi connectivity index (χ4v) is 2.44. The largest absolute Gasteiger partial charge is 0.381 e. The predicted octanol–water partition coefficient (Wildman–Crippen LogP) is 1.78. The van der Waals surface area contributed by atoms with Crippen LogP contribution in [0.1, 0.15) is 19.0 Å². The summed E-state index contributed by atoms with van der Waals surface area (Å²) < 4.78 is 5.42. The zero-order valence-corrected chi connectivity index (χ0v) is 11.7. The van der Waals surface area contributed by atoms with Crippen molar-refractivity contribution in [2.24, 2.45) is 5.92 Å². The topological polar surface area (TPSA) is 52.0 Å². The lowest BCUT2D eigenvalue weighted by Crippen LogP contribution is -2.33. The predicted molar refractivity (Wildman–Crippen MR) is 76.6 cm³/mol. The summed E-state index contributed by atoms with van der Waals surface area (Å²) in [7, 11) is 0. The van der Waals surface area contributed by atoms with E-state index in [1.165, 1.54) is 0 Å². The van der Waals surface area contributed by atoms with Crippen LogP contribution in [0.25, 0.3) is 5.69 Å². The van der Waals surface area contributed by atoms with E-state index >= 15 is 0 Å². The van der Waals surface area contributed by atoms with Crippen LogP contribution in [-0.2, 0) is 11.3 Å². The summed E-state index contributed by atoms with van der Waals surface area (Å²) in [6.07, 6.45) is 2.96. The Morgan fingerprint density at radius 2 is 2.25 bits per heavy atom. The van der Waals surface area contributed by atoms with E-state index in [9.17, 15) is 0 Å². The van der Waals surface area contributed by atoms with E-state index in [4.69, 9.17) is 4.74 Å². The number of hydrogen-bond donors (Lipinski definition) is 1. The van der Waals surface area contributed by atoms with Gasteiger partial charge >= 0.3 is 0 Å². The van der Waals surface area contributed by atoms with Crippen LogP contribution in [0.4, 0.5) is 0 Å². The van der Waals surface area contributed by atoms with Crippen LogP contribution in [0.3, 0.4) is 0 Å². The van der Waals surface area contributed by atoms with Crippen LogP contribution >= 0.6 is 0 Å².